The molecule has 3 aliphatic rings. The predicted octanol–water partition coefficient (Wildman–Crippen LogP) is 1.87. The van der Waals surface area contributed by atoms with Crippen molar-refractivity contribution >= 4 is 29.7 Å². The first-order valence-electron chi connectivity index (χ1n) is 6.29. The predicted molar refractivity (Wildman–Crippen MR) is 76.7 cm³/mol. The lowest BCUT2D eigenvalue weighted by Crippen LogP contribution is -2.57. The lowest BCUT2D eigenvalue weighted by Gasteiger charge is -2.44. The van der Waals surface area contributed by atoms with Crippen LogP contribution in [0.4, 0.5) is 0 Å². The second-order valence-corrected chi connectivity index (χ2v) is 6.08. The van der Waals surface area contributed by atoms with Crippen LogP contribution in [0.2, 0.25) is 0 Å². The molecule has 6 heteroatoms. The topological polar surface area (TPSA) is 56.1 Å². The fourth-order valence-corrected chi connectivity index (χ4v) is 3.59. The van der Waals surface area contributed by atoms with Crippen LogP contribution < -0.4 is 5.32 Å². The van der Waals surface area contributed by atoms with E-state index < -0.39 is 0 Å². The van der Waals surface area contributed by atoms with Crippen LogP contribution in [0.3, 0.4) is 0 Å². The lowest BCUT2D eigenvalue weighted by atomic mass is 9.84. The van der Waals surface area contributed by atoms with Crippen molar-refractivity contribution in [2.24, 2.45) is 5.92 Å². The number of piperidine rings is 3. The Hall–Kier alpha value is -1.09. The molecule has 3 saturated heterocycles. The van der Waals surface area contributed by atoms with Gasteiger partial charge in [-0.1, -0.05) is 0 Å². The SMILES string of the molecule is Cl.N#Cc1ccc(C(=O)N[C@H]2CN3CCC2CC3)s1. The maximum atomic E-state index is 12.1. The Labute approximate surface area is 122 Å². The van der Waals surface area contributed by atoms with Crippen molar-refractivity contribution in [1.82, 2.24) is 10.2 Å². The Morgan fingerprint density at radius 1 is 1.42 bits per heavy atom. The van der Waals surface area contributed by atoms with Crippen molar-refractivity contribution in [3.63, 3.8) is 0 Å². The number of hydrogen-bond acceptors (Lipinski definition) is 4. The largest absolute Gasteiger partial charge is 0.347 e. The number of nitrogens with zero attached hydrogens (tertiary/aromatic N) is 2. The highest BCUT2D eigenvalue weighted by Crippen LogP contribution is 2.28. The molecule has 3 aliphatic heterocycles. The van der Waals surface area contributed by atoms with Crippen molar-refractivity contribution in [3.05, 3.63) is 21.9 Å². The van der Waals surface area contributed by atoms with Gasteiger partial charge in [-0.15, -0.1) is 23.7 Å². The molecular formula is C13H16ClN3OS. The number of halogens is 1. The molecule has 4 heterocycles. The molecule has 19 heavy (non-hydrogen) atoms. The number of fused-ring (bicyclic) bond motifs is 3. The number of carbonyl (C=O) groups excluding carboxylic acids is 1. The highest BCUT2D eigenvalue weighted by Gasteiger charge is 2.35. The third-order valence-corrected chi connectivity index (χ3v) is 4.90. The average Bonchev–Trinajstić information content (AvgIpc) is 2.89. The number of thiophene rings is 1. The van der Waals surface area contributed by atoms with E-state index in [1.54, 1.807) is 12.1 Å². The molecule has 1 aromatic rings. The van der Waals surface area contributed by atoms with Crippen molar-refractivity contribution in [3.8, 4) is 6.07 Å². The molecule has 4 nitrogen and oxygen atoms in total. The number of amides is 1. The molecule has 3 fully saturated rings. The van der Waals surface area contributed by atoms with Gasteiger partial charge in [0.15, 0.2) is 0 Å². The van der Waals surface area contributed by atoms with Gasteiger partial charge in [-0.25, -0.2) is 0 Å². The number of rotatable bonds is 2. The zero-order chi connectivity index (χ0) is 12.5. The summed E-state index contributed by atoms with van der Waals surface area (Å²) in [6.45, 7) is 3.33. The molecular weight excluding hydrogens is 282 g/mol. The van der Waals surface area contributed by atoms with Crippen LogP contribution in [-0.2, 0) is 0 Å². The Morgan fingerprint density at radius 3 is 2.68 bits per heavy atom. The van der Waals surface area contributed by atoms with E-state index in [9.17, 15) is 4.79 Å². The van der Waals surface area contributed by atoms with Crippen LogP contribution in [0.1, 0.15) is 27.4 Å². The highest BCUT2D eigenvalue weighted by atomic mass is 35.5. The van der Waals surface area contributed by atoms with E-state index in [2.05, 4.69) is 16.3 Å². The zero-order valence-corrected chi connectivity index (χ0v) is 12.1. The van der Waals surface area contributed by atoms with Gasteiger partial charge in [0.05, 0.1) is 4.88 Å². The first kappa shape index (κ1) is 14.3. The van der Waals surface area contributed by atoms with E-state index in [0.29, 0.717) is 15.7 Å². The summed E-state index contributed by atoms with van der Waals surface area (Å²) in [7, 11) is 0. The molecule has 2 bridgehead atoms. The van der Waals surface area contributed by atoms with Gasteiger partial charge in [0.25, 0.3) is 5.91 Å². The highest BCUT2D eigenvalue weighted by molar-refractivity contribution is 7.14. The molecule has 1 amide bonds. The van der Waals surface area contributed by atoms with Crippen LogP contribution in [0.5, 0.6) is 0 Å². The summed E-state index contributed by atoms with van der Waals surface area (Å²) in [6.07, 6.45) is 2.39. The van der Waals surface area contributed by atoms with E-state index >= 15 is 0 Å². The molecule has 1 N–H and O–H groups in total. The van der Waals surface area contributed by atoms with Gasteiger partial charge in [-0.2, -0.15) is 5.26 Å². The summed E-state index contributed by atoms with van der Waals surface area (Å²) >= 11 is 1.26. The van der Waals surface area contributed by atoms with Crippen molar-refractivity contribution in [2.75, 3.05) is 19.6 Å². The number of nitriles is 1. The standard InChI is InChI=1S/C13H15N3OS.ClH/c14-7-10-1-2-12(18-10)13(17)15-11-8-16-5-3-9(11)4-6-16;/h1-2,9,11H,3-6,8H2,(H,15,17);1H/t11-;/m0./s1. The number of nitrogens with one attached hydrogen (secondary N) is 1. The van der Waals surface area contributed by atoms with Gasteiger partial charge in [-0.3, -0.25) is 4.79 Å². The van der Waals surface area contributed by atoms with Crippen molar-refractivity contribution in [2.45, 2.75) is 18.9 Å². The quantitative estimate of drug-likeness (QED) is 0.906. The van der Waals surface area contributed by atoms with Gasteiger partial charge in [-0.05, 0) is 44.0 Å². The first-order chi connectivity index (χ1) is 8.76. The third kappa shape index (κ3) is 2.92. The second-order valence-electron chi connectivity index (χ2n) is 4.99. The summed E-state index contributed by atoms with van der Waals surface area (Å²) in [5.74, 6) is 0.606. The first-order valence-corrected chi connectivity index (χ1v) is 7.11. The smallest absolute Gasteiger partial charge is 0.261 e. The van der Waals surface area contributed by atoms with E-state index in [-0.39, 0.29) is 24.4 Å². The zero-order valence-electron chi connectivity index (χ0n) is 10.5. The summed E-state index contributed by atoms with van der Waals surface area (Å²) in [4.78, 5) is 15.7. The van der Waals surface area contributed by atoms with Gasteiger partial charge < -0.3 is 10.2 Å². The molecule has 0 unspecified atom stereocenters. The maximum absolute atomic E-state index is 12.1. The summed E-state index contributed by atoms with van der Waals surface area (Å²) in [5.41, 5.74) is 0. The van der Waals surface area contributed by atoms with Crippen LogP contribution in [-0.4, -0.2) is 36.5 Å². The van der Waals surface area contributed by atoms with Gasteiger partial charge in [0, 0.05) is 12.6 Å². The second kappa shape index (κ2) is 5.91. The normalized spacial score (nSPS) is 28.3. The Balaban J connectivity index is 0.00000133. The van der Waals surface area contributed by atoms with Gasteiger partial charge in [0.2, 0.25) is 0 Å². The van der Waals surface area contributed by atoms with Gasteiger partial charge >= 0.3 is 0 Å². The molecule has 0 radical (unpaired) electrons. The Bertz CT molecular complexity index is 502. The van der Waals surface area contributed by atoms with Crippen LogP contribution >= 0.6 is 23.7 Å². The Kier molecular flexibility index (Phi) is 4.46. The van der Waals surface area contributed by atoms with E-state index in [1.165, 1.54) is 37.3 Å². The molecule has 0 spiro atoms. The maximum Gasteiger partial charge on any atom is 0.261 e. The number of hydrogen-bond donors (Lipinski definition) is 1. The molecule has 0 saturated carbocycles. The van der Waals surface area contributed by atoms with Crippen LogP contribution in [0.25, 0.3) is 0 Å². The minimum atomic E-state index is -0.0275. The summed E-state index contributed by atoms with van der Waals surface area (Å²) in [6, 6.07) is 5.79. The molecule has 0 aromatic carbocycles. The van der Waals surface area contributed by atoms with Crippen molar-refractivity contribution < 1.29 is 4.79 Å². The van der Waals surface area contributed by atoms with E-state index in [0.717, 1.165) is 6.54 Å². The van der Waals surface area contributed by atoms with E-state index in [1.807, 2.05) is 0 Å². The molecule has 4 rings (SSSR count). The van der Waals surface area contributed by atoms with Crippen LogP contribution in [0, 0.1) is 17.2 Å². The fraction of sp³-hybridized carbons (Fsp3) is 0.538. The minimum Gasteiger partial charge on any atom is -0.347 e. The average molecular weight is 298 g/mol. The fourth-order valence-electron chi connectivity index (χ4n) is 2.89. The summed E-state index contributed by atoms with van der Waals surface area (Å²) in [5, 5.41) is 11.9. The van der Waals surface area contributed by atoms with E-state index in [4.69, 9.17) is 5.26 Å². The molecule has 0 aliphatic carbocycles. The molecule has 1 atom stereocenters. The Morgan fingerprint density at radius 2 is 2.16 bits per heavy atom. The van der Waals surface area contributed by atoms with Crippen molar-refractivity contribution in [1.29, 1.82) is 5.26 Å². The van der Waals surface area contributed by atoms with Gasteiger partial charge in [0.1, 0.15) is 10.9 Å². The number of carbonyl (C=O) groups is 1. The minimum absolute atomic E-state index is 0. The van der Waals surface area contributed by atoms with Crippen LogP contribution in [0.15, 0.2) is 12.1 Å². The molecule has 1 aromatic heterocycles. The molecule has 102 valence electrons. The lowest BCUT2D eigenvalue weighted by molar-refractivity contribution is 0.0622. The third-order valence-electron chi connectivity index (χ3n) is 3.91. The monoisotopic (exact) mass is 297 g/mol. The summed E-state index contributed by atoms with van der Waals surface area (Å²) < 4.78 is 0.